The smallest absolute Gasteiger partial charge is 0.332 e. The molecule has 5 heteroatoms. The van der Waals surface area contributed by atoms with E-state index in [1.165, 1.54) is 12.8 Å². The highest BCUT2D eigenvalue weighted by Gasteiger charge is 2.20. The van der Waals surface area contributed by atoms with Crippen LogP contribution in [0.1, 0.15) is 19.8 Å². The molecule has 0 aliphatic carbocycles. The Morgan fingerprint density at radius 3 is 2.89 bits per heavy atom. The van der Waals surface area contributed by atoms with Crippen LogP contribution in [0.5, 0.6) is 0 Å². The lowest BCUT2D eigenvalue weighted by molar-refractivity contribution is -0.148. The molecule has 1 atom stereocenters. The van der Waals surface area contributed by atoms with Crippen LogP contribution in [-0.2, 0) is 14.3 Å². The predicted octanol–water partition coefficient (Wildman–Crippen LogP) is 0.592. The lowest BCUT2D eigenvalue weighted by Crippen LogP contribution is -2.46. The van der Waals surface area contributed by atoms with E-state index in [1.807, 2.05) is 0 Å². The largest absolute Gasteiger partial charge is 0.464 e. The zero-order valence-electron chi connectivity index (χ0n) is 11.9. The van der Waals surface area contributed by atoms with Crippen molar-refractivity contribution in [1.29, 1.82) is 0 Å². The summed E-state index contributed by atoms with van der Waals surface area (Å²) >= 11 is 0. The molecule has 0 aromatic carbocycles. The first-order chi connectivity index (χ1) is 8.63. The van der Waals surface area contributed by atoms with Gasteiger partial charge in [0.2, 0.25) is 0 Å². The molecule has 1 unspecified atom stereocenters. The van der Waals surface area contributed by atoms with Crippen LogP contribution >= 0.6 is 0 Å². The maximum Gasteiger partial charge on any atom is 0.332 e. The topological polar surface area (TPSA) is 42.0 Å². The summed E-state index contributed by atoms with van der Waals surface area (Å²) in [5.74, 6) is -0.276. The zero-order chi connectivity index (χ0) is 13.4. The van der Waals surface area contributed by atoms with E-state index >= 15 is 0 Å². The minimum absolute atomic E-state index is 0.0682. The molecular formula is C13H26N2O3. The van der Waals surface area contributed by atoms with Crippen LogP contribution in [0.25, 0.3) is 0 Å². The Balaban J connectivity index is 2.10. The second-order valence-corrected chi connectivity index (χ2v) is 4.92. The van der Waals surface area contributed by atoms with Gasteiger partial charge in [-0.15, -0.1) is 0 Å². The molecule has 18 heavy (non-hydrogen) atoms. The van der Waals surface area contributed by atoms with Crippen molar-refractivity contribution in [3.05, 3.63) is 0 Å². The van der Waals surface area contributed by atoms with Gasteiger partial charge in [-0.2, -0.15) is 0 Å². The van der Waals surface area contributed by atoms with Gasteiger partial charge in [0, 0.05) is 19.1 Å². The van der Waals surface area contributed by atoms with Crippen molar-refractivity contribution in [1.82, 2.24) is 9.80 Å². The van der Waals surface area contributed by atoms with E-state index in [0.29, 0.717) is 19.3 Å². The second-order valence-electron chi connectivity index (χ2n) is 4.92. The predicted molar refractivity (Wildman–Crippen MR) is 70.6 cm³/mol. The summed E-state index contributed by atoms with van der Waals surface area (Å²) in [5, 5.41) is 0. The second kappa shape index (κ2) is 8.45. The molecule has 106 valence electrons. The average molecular weight is 258 g/mol. The van der Waals surface area contributed by atoms with Crippen molar-refractivity contribution < 1.29 is 14.3 Å². The van der Waals surface area contributed by atoms with Gasteiger partial charge in [0.1, 0.15) is 6.61 Å². The van der Waals surface area contributed by atoms with Crippen LogP contribution in [0.3, 0.4) is 0 Å². The Morgan fingerprint density at radius 2 is 2.22 bits per heavy atom. The van der Waals surface area contributed by atoms with Crippen molar-refractivity contribution in [3.8, 4) is 0 Å². The molecule has 1 rings (SSSR count). The first-order valence-corrected chi connectivity index (χ1v) is 6.75. The van der Waals surface area contributed by atoms with Crippen LogP contribution < -0.4 is 0 Å². The molecule has 0 saturated carbocycles. The van der Waals surface area contributed by atoms with Gasteiger partial charge < -0.3 is 14.4 Å². The number of nitrogens with zero attached hydrogens (tertiary/aromatic N) is 2. The van der Waals surface area contributed by atoms with E-state index in [-0.39, 0.29) is 12.6 Å². The van der Waals surface area contributed by atoms with E-state index in [2.05, 4.69) is 23.9 Å². The normalized spacial score (nSPS) is 21.2. The fourth-order valence-corrected chi connectivity index (χ4v) is 2.21. The Bertz CT molecular complexity index is 246. The summed E-state index contributed by atoms with van der Waals surface area (Å²) in [6.45, 7) is 6.00. The lowest BCUT2D eigenvalue weighted by atomic mass is 10.1. The number of hydrogen-bond acceptors (Lipinski definition) is 5. The highest BCUT2D eigenvalue weighted by molar-refractivity contribution is 5.70. The summed E-state index contributed by atoms with van der Waals surface area (Å²) in [5.41, 5.74) is 0. The van der Waals surface area contributed by atoms with Gasteiger partial charge in [-0.3, -0.25) is 4.90 Å². The monoisotopic (exact) mass is 258 g/mol. The van der Waals surface area contributed by atoms with Crippen molar-refractivity contribution in [2.75, 3.05) is 53.6 Å². The van der Waals surface area contributed by atoms with Gasteiger partial charge in [0.05, 0.1) is 13.2 Å². The molecule has 5 nitrogen and oxygen atoms in total. The van der Waals surface area contributed by atoms with Gasteiger partial charge in [-0.1, -0.05) is 0 Å². The van der Waals surface area contributed by atoms with Gasteiger partial charge in [-0.05, 0) is 40.4 Å². The first kappa shape index (κ1) is 15.4. The highest BCUT2D eigenvalue weighted by Crippen LogP contribution is 2.13. The number of hydrogen-bond donors (Lipinski definition) is 0. The minimum atomic E-state index is -0.276. The number of carbonyl (C=O) groups excluding carboxylic acids is 1. The molecule has 0 aromatic rings. The van der Waals surface area contributed by atoms with Gasteiger partial charge in [0.25, 0.3) is 0 Å². The van der Waals surface area contributed by atoms with E-state index < -0.39 is 0 Å². The van der Waals surface area contributed by atoms with Gasteiger partial charge in [-0.25, -0.2) is 4.79 Å². The third kappa shape index (κ3) is 5.80. The third-order valence-electron chi connectivity index (χ3n) is 3.29. The summed E-state index contributed by atoms with van der Waals surface area (Å²) in [6.07, 6.45) is 2.51. The molecular weight excluding hydrogens is 232 g/mol. The Hall–Kier alpha value is -0.650. The molecule has 1 aliphatic heterocycles. The Morgan fingerprint density at radius 1 is 1.44 bits per heavy atom. The van der Waals surface area contributed by atoms with Crippen molar-refractivity contribution in [2.24, 2.45) is 0 Å². The Labute approximate surface area is 110 Å². The zero-order valence-corrected chi connectivity index (χ0v) is 11.9. The molecule has 1 heterocycles. The van der Waals surface area contributed by atoms with E-state index in [1.54, 1.807) is 6.92 Å². The van der Waals surface area contributed by atoms with Crippen LogP contribution in [-0.4, -0.2) is 75.4 Å². The van der Waals surface area contributed by atoms with E-state index in [9.17, 15) is 4.79 Å². The fraction of sp³-hybridized carbons (Fsp3) is 0.923. The van der Waals surface area contributed by atoms with Crippen molar-refractivity contribution >= 4 is 5.97 Å². The summed E-state index contributed by atoms with van der Waals surface area (Å²) < 4.78 is 10.1. The number of ether oxygens (including phenoxy) is 2. The maximum absolute atomic E-state index is 11.1. The number of likely N-dealkylation sites (N-methyl/N-ethyl adjacent to an activating group) is 1. The number of carbonyl (C=O) groups is 1. The highest BCUT2D eigenvalue weighted by atomic mass is 16.6. The van der Waals surface area contributed by atoms with E-state index in [0.717, 1.165) is 19.6 Å². The molecule has 1 aliphatic rings. The van der Waals surface area contributed by atoms with Gasteiger partial charge >= 0.3 is 5.97 Å². The maximum atomic E-state index is 11.1. The molecule has 0 amide bonds. The molecule has 1 fully saturated rings. The minimum Gasteiger partial charge on any atom is -0.464 e. The summed E-state index contributed by atoms with van der Waals surface area (Å²) in [6, 6.07) is 0.642. The third-order valence-corrected chi connectivity index (χ3v) is 3.29. The number of esters is 1. The summed E-state index contributed by atoms with van der Waals surface area (Å²) in [4.78, 5) is 15.8. The summed E-state index contributed by atoms with van der Waals surface area (Å²) in [7, 11) is 4.26. The Kier molecular flexibility index (Phi) is 7.23. The molecule has 0 N–H and O–H groups in total. The standard InChI is InChI=1S/C13H26N2O3/c1-4-18-13(16)11-17-9-8-15-7-5-6-12(10-15)14(2)3/h12H,4-11H2,1-3H3. The van der Waals surface area contributed by atoms with Crippen LogP contribution in [0, 0.1) is 0 Å². The first-order valence-electron chi connectivity index (χ1n) is 6.75. The lowest BCUT2D eigenvalue weighted by Gasteiger charge is -2.35. The molecule has 0 radical (unpaired) electrons. The van der Waals surface area contributed by atoms with E-state index in [4.69, 9.17) is 9.47 Å². The number of piperidine rings is 1. The quantitative estimate of drug-likeness (QED) is 0.494. The van der Waals surface area contributed by atoms with Crippen LogP contribution in [0.15, 0.2) is 0 Å². The molecule has 0 aromatic heterocycles. The van der Waals surface area contributed by atoms with Crippen molar-refractivity contribution in [2.45, 2.75) is 25.8 Å². The SMILES string of the molecule is CCOC(=O)COCCN1CCCC(N(C)C)C1. The number of rotatable bonds is 7. The average Bonchev–Trinajstić information content (AvgIpc) is 2.35. The van der Waals surface area contributed by atoms with Crippen LogP contribution in [0.2, 0.25) is 0 Å². The number of likely N-dealkylation sites (tertiary alicyclic amines) is 1. The van der Waals surface area contributed by atoms with Crippen molar-refractivity contribution in [3.63, 3.8) is 0 Å². The van der Waals surface area contributed by atoms with Crippen LogP contribution in [0.4, 0.5) is 0 Å². The molecule has 0 spiro atoms. The van der Waals surface area contributed by atoms with Gasteiger partial charge in [0.15, 0.2) is 0 Å². The fourth-order valence-electron chi connectivity index (χ4n) is 2.21. The molecule has 0 bridgehead atoms. The molecule has 1 saturated heterocycles.